The summed E-state index contributed by atoms with van der Waals surface area (Å²) >= 11 is 19.8. The zero-order valence-corrected chi connectivity index (χ0v) is 15.5. The van der Waals surface area contributed by atoms with E-state index in [1.54, 1.807) is 0 Å². The maximum atomic E-state index is 6.34. The Labute approximate surface area is 142 Å². The molecule has 0 spiro atoms. The van der Waals surface area contributed by atoms with Gasteiger partial charge < -0.3 is 0 Å². The van der Waals surface area contributed by atoms with E-state index >= 15 is 0 Å². The minimum atomic E-state index is 0.258. The van der Waals surface area contributed by atoms with Gasteiger partial charge in [0.05, 0.1) is 0 Å². The topological polar surface area (TPSA) is 0 Å². The first kappa shape index (κ1) is 16.1. The highest BCUT2D eigenvalue weighted by atomic mass is 79.9. The summed E-state index contributed by atoms with van der Waals surface area (Å²) in [5.41, 5.74) is 1.46. The van der Waals surface area contributed by atoms with Crippen molar-refractivity contribution in [3.8, 4) is 0 Å². The van der Waals surface area contributed by atoms with Gasteiger partial charge in [-0.15, -0.1) is 0 Å². The largest absolute Gasteiger partial charge is 0.0921 e. The number of hydrogen-bond acceptors (Lipinski definition) is 0. The fourth-order valence-electron chi connectivity index (χ4n) is 3.08. The van der Waals surface area contributed by atoms with Gasteiger partial charge in [0, 0.05) is 20.7 Å². The van der Waals surface area contributed by atoms with Crippen molar-refractivity contribution in [3.63, 3.8) is 0 Å². The predicted molar refractivity (Wildman–Crippen MR) is 92.1 cm³/mol. The van der Waals surface area contributed by atoms with E-state index in [2.05, 4.69) is 37.9 Å². The molecule has 0 aliphatic heterocycles. The Hall–Kier alpha value is 0.760. The van der Waals surface area contributed by atoms with Crippen LogP contribution in [0, 0.1) is 11.3 Å². The van der Waals surface area contributed by atoms with Crippen molar-refractivity contribution in [2.75, 3.05) is 10.7 Å². The molecule has 0 radical (unpaired) electrons. The molecule has 106 valence electrons. The molecule has 0 nitrogen and oxygen atoms in total. The second kappa shape index (κ2) is 7.15. The van der Waals surface area contributed by atoms with Crippen molar-refractivity contribution in [2.24, 2.45) is 11.3 Å². The van der Waals surface area contributed by atoms with Crippen LogP contribution >= 0.6 is 55.1 Å². The van der Waals surface area contributed by atoms with Crippen molar-refractivity contribution in [1.82, 2.24) is 0 Å². The molecular weight excluding hydrogens is 411 g/mol. The van der Waals surface area contributed by atoms with Gasteiger partial charge in [0.15, 0.2) is 0 Å². The third-order valence-electron chi connectivity index (χ3n) is 4.31. The highest BCUT2D eigenvalue weighted by Gasteiger charge is 2.38. The second-order valence-corrected chi connectivity index (χ2v) is 7.49. The van der Waals surface area contributed by atoms with E-state index in [9.17, 15) is 0 Å². The molecule has 1 aliphatic carbocycles. The van der Waals surface area contributed by atoms with Crippen molar-refractivity contribution < 1.29 is 0 Å². The molecule has 1 aromatic rings. The van der Waals surface area contributed by atoms with Gasteiger partial charge in [-0.2, -0.15) is 0 Å². The van der Waals surface area contributed by atoms with E-state index < -0.39 is 0 Å². The molecule has 0 N–H and O–H groups in total. The summed E-state index contributed by atoms with van der Waals surface area (Å²) in [5, 5.41) is 3.51. The summed E-state index contributed by atoms with van der Waals surface area (Å²) in [6.07, 6.45) is 6.40. The highest BCUT2D eigenvalue weighted by molar-refractivity contribution is 9.09. The monoisotopic (exact) mass is 426 g/mol. The van der Waals surface area contributed by atoms with Gasteiger partial charge >= 0.3 is 0 Å². The zero-order chi connectivity index (χ0) is 13.9. The maximum absolute atomic E-state index is 6.34. The second-order valence-electron chi connectivity index (χ2n) is 5.52. The van der Waals surface area contributed by atoms with Crippen LogP contribution in [0.1, 0.15) is 31.2 Å². The van der Waals surface area contributed by atoms with Crippen molar-refractivity contribution in [3.05, 3.63) is 33.8 Å². The average Bonchev–Trinajstić information content (AvgIpc) is 2.93. The minimum absolute atomic E-state index is 0.258. The molecule has 0 bridgehead atoms. The minimum Gasteiger partial charge on any atom is -0.0921 e. The van der Waals surface area contributed by atoms with Gasteiger partial charge in [-0.25, -0.2) is 0 Å². The molecule has 0 amide bonds. The van der Waals surface area contributed by atoms with Gasteiger partial charge in [0.1, 0.15) is 0 Å². The van der Waals surface area contributed by atoms with Crippen molar-refractivity contribution in [1.29, 1.82) is 0 Å². The van der Waals surface area contributed by atoms with Crippen LogP contribution in [0.5, 0.6) is 0 Å². The Balaban J connectivity index is 2.24. The Morgan fingerprint density at radius 3 is 2.26 bits per heavy atom. The molecule has 4 heteroatoms. The van der Waals surface area contributed by atoms with E-state index in [-0.39, 0.29) is 5.41 Å². The van der Waals surface area contributed by atoms with Gasteiger partial charge in [-0.05, 0) is 48.3 Å². The van der Waals surface area contributed by atoms with E-state index in [0.29, 0.717) is 5.02 Å². The lowest BCUT2D eigenvalue weighted by Crippen LogP contribution is -2.35. The van der Waals surface area contributed by atoms with Crippen LogP contribution in [0.25, 0.3) is 0 Å². The molecule has 19 heavy (non-hydrogen) atoms. The van der Waals surface area contributed by atoms with E-state index in [4.69, 9.17) is 23.2 Å². The summed E-state index contributed by atoms with van der Waals surface area (Å²) < 4.78 is 0. The van der Waals surface area contributed by atoms with Crippen molar-refractivity contribution in [2.45, 2.75) is 32.1 Å². The summed E-state index contributed by atoms with van der Waals surface area (Å²) in [7, 11) is 0. The Morgan fingerprint density at radius 2 is 1.74 bits per heavy atom. The summed E-state index contributed by atoms with van der Waals surface area (Å²) in [5.74, 6) is 0.776. The van der Waals surface area contributed by atoms with E-state index in [1.807, 2.05) is 12.1 Å². The third kappa shape index (κ3) is 3.70. The first-order valence-electron chi connectivity index (χ1n) is 6.67. The fraction of sp³-hybridized carbons (Fsp3) is 0.600. The maximum Gasteiger partial charge on any atom is 0.0453 e. The van der Waals surface area contributed by atoms with Gasteiger partial charge in [-0.1, -0.05) is 74.0 Å². The molecule has 0 atom stereocenters. The van der Waals surface area contributed by atoms with Crippen LogP contribution in [0.4, 0.5) is 0 Å². The average molecular weight is 429 g/mol. The SMILES string of the molecule is Clc1ccc(CC(CBr)(CBr)C2CCCC2)c(Cl)c1. The quantitative estimate of drug-likeness (QED) is 0.469. The fourth-order valence-corrected chi connectivity index (χ4v) is 5.79. The Morgan fingerprint density at radius 1 is 1.11 bits per heavy atom. The third-order valence-corrected chi connectivity index (χ3v) is 7.13. The van der Waals surface area contributed by atoms with Crippen LogP contribution in [-0.4, -0.2) is 10.7 Å². The van der Waals surface area contributed by atoms with Gasteiger partial charge in [-0.3, -0.25) is 0 Å². The Bertz CT molecular complexity index is 424. The van der Waals surface area contributed by atoms with Crippen LogP contribution in [-0.2, 0) is 6.42 Å². The standard InChI is InChI=1S/C15H18Br2Cl2/c16-9-15(10-17,12-3-1-2-4-12)8-11-5-6-13(18)7-14(11)19/h5-7,12H,1-4,8-10H2. The molecule has 2 rings (SSSR count). The van der Waals surface area contributed by atoms with Gasteiger partial charge in [0.2, 0.25) is 0 Å². The number of benzene rings is 1. The lowest BCUT2D eigenvalue weighted by Gasteiger charge is -2.37. The van der Waals surface area contributed by atoms with Crippen molar-refractivity contribution >= 4 is 55.1 Å². The summed E-state index contributed by atoms with van der Waals surface area (Å²) in [4.78, 5) is 0. The molecular formula is C15H18Br2Cl2. The van der Waals surface area contributed by atoms with Crippen LogP contribution < -0.4 is 0 Å². The molecule has 1 aliphatic rings. The first-order chi connectivity index (χ1) is 9.11. The number of alkyl halides is 2. The van der Waals surface area contributed by atoms with Crippen LogP contribution in [0.15, 0.2) is 18.2 Å². The number of halogens is 4. The first-order valence-corrected chi connectivity index (χ1v) is 9.67. The zero-order valence-electron chi connectivity index (χ0n) is 10.8. The lowest BCUT2D eigenvalue weighted by molar-refractivity contribution is 0.233. The van der Waals surface area contributed by atoms with Crippen LogP contribution in [0.2, 0.25) is 10.0 Å². The summed E-state index contributed by atoms with van der Waals surface area (Å²) in [6, 6.07) is 5.85. The summed E-state index contributed by atoms with van der Waals surface area (Å²) in [6.45, 7) is 0. The van der Waals surface area contributed by atoms with Gasteiger partial charge in [0.25, 0.3) is 0 Å². The normalized spacial score (nSPS) is 17.1. The molecule has 1 fully saturated rings. The predicted octanol–water partition coefficient (Wildman–Crippen LogP) is 6.50. The van der Waals surface area contributed by atoms with E-state index in [1.165, 1.54) is 31.2 Å². The Kier molecular flexibility index (Phi) is 6.08. The molecule has 1 aromatic carbocycles. The molecule has 1 saturated carbocycles. The molecule has 0 unspecified atom stereocenters. The molecule has 0 heterocycles. The molecule has 0 aromatic heterocycles. The lowest BCUT2D eigenvalue weighted by atomic mass is 9.73. The molecule has 0 saturated heterocycles. The smallest absolute Gasteiger partial charge is 0.0453 e. The highest BCUT2D eigenvalue weighted by Crippen LogP contribution is 2.45. The van der Waals surface area contributed by atoms with Crippen LogP contribution in [0.3, 0.4) is 0 Å². The number of rotatable bonds is 5. The number of hydrogen-bond donors (Lipinski definition) is 0. The van der Waals surface area contributed by atoms with E-state index in [0.717, 1.165) is 28.0 Å².